The number of carbonyl (C=O) groups excluding carboxylic acids is 3. The predicted octanol–water partition coefficient (Wildman–Crippen LogP) is 2.58. The van der Waals surface area contributed by atoms with Crippen molar-refractivity contribution in [3.8, 4) is 5.75 Å². The molecule has 2 atom stereocenters. The molecule has 0 saturated carbocycles. The third-order valence-electron chi connectivity index (χ3n) is 6.50. The first kappa shape index (κ1) is 25.9. The van der Waals surface area contributed by atoms with Crippen molar-refractivity contribution in [2.75, 3.05) is 18.1 Å². The molecule has 0 bridgehead atoms. The molecule has 0 radical (unpaired) electrons. The molecule has 9 nitrogen and oxygen atoms in total. The molecule has 2 fully saturated rings. The molecule has 2 aromatic rings. The van der Waals surface area contributed by atoms with Gasteiger partial charge >= 0.3 is 5.97 Å². The van der Waals surface area contributed by atoms with E-state index in [1.807, 2.05) is 30.3 Å². The number of β-lactam (4-membered cyclic amide) rings is 1. The van der Waals surface area contributed by atoms with Crippen molar-refractivity contribution in [3.63, 3.8) is 0 Å². The predicted molar refractivity (Wildman–Crippen MR) is 143 cm³/mol. The van der Waals surface area contributed by atoms with Crippen LogP contribution in [0.5, 0.6) is 5.75 Å². The van der Waals surface area contributed by atoms with Gasteiger partial charge in [0.25, 0.3) is 5.91 Å². The molecule has 3 heterocycles. The minimum atomic E-state index is -1.24. The molecule has 3 aliphatic heterocycles. The zero-order valence-electron chi connectivity index (χ0n) is 20.2. The third kappa shape index (κ3) is 5.30. The number of fused-ring (bicyclic) bond motifs is 1. The van der Waals surface area contributed by atoms with Gasteiger partial charge < -0.3 is 20.4 Å². The molecule has 3 N–H and O–H groups in total. The van der Waals surface area contributed by atoms with Gasteiger partial charge in [-0.25, -0.2) is 4.79 Å². The van der Waals surface area contributed by atoms with E-state index < -0.39 is 23.3 Å². The fourth-order valence-corrected chi connectivity index (χ4v) is 6.65. The summed E-state index contributed by atoms with van der Waals surface area (Å²) >= 11 is 2.73. The molecule has 3 amide bonds. The maximum Gasteiger partial charge on any atom is 0.352 e. The highest BCUT2D eigenvalue weighted by molar-refractivity contribution is 8.00. The number of amides is 3. The summed E-state index contributed by atoms with van der Waals surface area (Å²) in [5.74, 6) is -1.60. The minimum absolute atomic E-state index is 0.139. The third-order valence-corrected chi connectivity index (χ3v) is 8.82. The van der Waals surface area contributed by atoms with E-state index in [0.29, 0.717) is 36.4 Å². The molecule has 5 rings (SSSR count). The van der Waals surface area contributed by atoms with Gasteiger partial charge in [-0.3, -0.25) is 19.3 Å². The molecule has 0 unspecified atom stereocenters. The number of rotatable bonds is 8. The Balaban J connectivity index is 1.25. The first-order valence-corrected chi connectivity index (χ1v) is 14.0. The molecule has 196 valence electrons. The molecule has 38 heavy (non-hydrogen) atoms. The van der Waals surface area contributed by atoms with Crippen molar-refractivity contribution in [2.45, 2.75) is 29.3 Å². The fraction of sp³-hybridized carbons (Fsp3) is 0.259. The van der Waals surface area contributed by atoms with Crippen LogP contribution >= 0.6 is 23.5 Å². The molecule has 0 aliphatic carbocycles. The van der Waals surface area contributed by atoms with Crippen molar-refractivity contribution in [2.24, 2.45) is 0 Å². The van der Waals surface area contributed by atoms with Crippen LogP contribution < -0.4 is 5.32 Å². The van der Waals surface area contributed by atoms with Crippen LogP contribution in [0.3, 0.4) is 0 Å². The van der Waals surface area contributed by atoms with Crippen molar-refractivity contribution in [1.82, 2.24) is 15.1 Å². The fourth-order valence-electron chi connectivity index (χ4n) is 4.62. The Bertz CT molecular complexity index is 1340. The summed E-state index contributed by atoms with van der Waals surface area (Å²) in [6.45, 7) is 0.876. The highest BCUT2D eigenvalue weighted by Gasteiger charge is 2.54. The number of nitrogens with zero attached hydrogens (tertiary/aromatic N) is 2. The van der Waals surface area contributed by atoms with Crippen LogP contribution in [-0.4, -0.2) is 73.2 Å². The van der Waals surface area contributed by atoms with Gasteiger partial charge in [0.15, 0.2) is 0 Å². The van der Waals surface area contributed by atoms with Gasteiger partial charge in [-0.2, -0.15) is 0 Å². The highest BCUT2D eigenvalue weighted by Crippen LogP contribution is 2.41. The van der Waals surface area contributed by atoms with E-state index in [0.717, 1.165) is 10.5 Å². The summed E-state index contributed by atoms with van der Waals surface area (Å²) in [6.07, 6.45) is 2.06. The second kappa shape index (κ2) is 11.0. The van der Waals surface area contributed by atoms with Gasteiger partial charge in [-0.1, -0.05) is 30.3 Å². The molecular weight excluding hydrogens is 526 g/mol. The van der Waals surface area contributed by atoms with Crippen LogP contribution in [0.15, 0.2) is 82.4 Å². The number of benzene rings is 2. The number of likely N-dealkylation sites (tertiary alicyclic amines) is 1. The Morgan fingerprint density at radius 1 is 1.11 bits per heavy atom. The number of phenolic OH excluding ortho intramolecular Hbond substituents is 1. The van der Waals surface area contributed by atoms with E-state index >= 15 is 0 Å². The summed E-state index contributed by atoms with van der Waals surface area (Å²) in [5.41, 5.74) is 1.64. The molecule has 0 aromatic heterocycles. The highest BCUT2D eigenvalue weighted by atomic mass is 32.2. The van der Waals surface area contributed by atoms with Gasteiger partial charge in [0, 0.05) is 29.3 Å². The SMILES string of the molecule is O=C(CSc1ccccc1)N[C@@H]1C(=O)N2C(C(=O)O)=C(/C=C3\CCN(Cc4ccc(O)cc4)C3=O)CS[C@H]12. The normalized spacial score (nSPS) is 21.9. The first-order chi connectivity index (χ1) is 18.3. The Kier molecular flexibility index (Phi) is 7.48. The minimum Gasteiger partial charge on any atom is -0.508 e. The van der Waals surface area contributed by atoms with Crippen LogP contribution in [0.1, 0.15) is 12.0 Å². The number of carbonyl (C=O) groups is 4. The first-order valence-electron chi connectivity index (χ1n) is 12.0. The Morgan fingerprint density at radius 2 is 1.84 bits per heavy atom. The topological polar surface area (TPSA) is 127 Å². The zero-order valence-corrected chi connectivity index (χ0v) is 21.8. The second-order valence-corrected chi connectivity index (χ2v) is 11.2. The molecule has 11 heteroatoms. The number of thioether (sulfide) groups is 2. The van der Waals surface area contributed by atoms with E-state index in [2.05, 4.69) is 5.32 Å². The Morgan fingerprint density at radius 3 is 2.55 bits per heavy atom. The lowest BCUT2D eigenvalue weighted by molar-refractivity contribution is -0.150. The van der Waals surface area contributed by atoms with Gasteiger partial charge in [0.2, 0.25) is 11.8 Å². The lowest BCUT2D eigenvalue weighted by Crippen LogP contribution is -2.70. The maximum absolute atomic E-state index is 13.0. The Labute approximate surface area is 227 Å². The molecule has 2 aromatic carbocycles. The smallest absolute Gasteiger partial charge is 0.352 e. The van der Waals surface area contributed by atoms with E-state index in [4.69, 9.17) is 0 Å². The summed E-state index contributed by atoms with van der Waals surface area (Å²) in [7, 11) is 0. The summed E-state index contributed by atoms with van der Waals surface area (Å²) < 4.78 is 0. The van der Waals surface area contributed by atoms with Crippen molar-refractivity contribution >= 4 is 47.2 Å². The number of allylic oxidation sites excluding steroid dienone is 1. The number of phenols is 1. The molecule has 3 aliphatic rings. The van der Waals surface area contributed by atoms with Gasteiger partial charge in [0.1, 0.15) is 22.9 Å². The van der Waals surface area contributed by atoms with Crippen molar-refractivity contribution in [3.05, 3.63) is 83.1 Å². The molecule has 0 spiro atoms. The lowest BCUT2D eigenvalue weighted by Gasteiger charge is -2.49. The number of carboxylic acids is 1. The molecule has 2 saturated heterocycles. The van der Waals surface area contributed by atoms with Crippen LogP contribution in [-0.2, 0) is 25.7 Å². The Hall–Kier alpha value is -3.70. The van der Waals surface area contributed by atoms with Gasteiger partial charge in [0.05, 0.1) is 5.75 Å². The average Bonchev–Trinajstić information content (AvgIpc) is 3.25. The van der Waals surface area contributed by atoms with Crippen molar-refractivity contribution < 1.29 is 29.4 Å². The number of carboxylic acid groups (broad SMARTS) is 1. The van der Waals surface area contributed by atoms with E-state index in [9.17, 15) is 29.4 Å². The quantitative estimate of drug-likeness (QED) is 0.260. The van der Waals surface area contributed by atoms with E-state index in [1.54, 1.807) is 35.2 Å². The van der Waals surface area contributed by atoms with E-state index in [1.165, 1.54) is 28.4 Å². The van der Waals surface area contributed by atoms with Gasteiger partial charge in [-0.05, 0) is 47.9 Å². The van der Waals surface area contributed by atoms with Crippen molar-refractivity contribution in [1.29, 1.82) is 0 Å². The van der Waals surface area contributed by atoms with Crippen LogP contribution in [0.4, 0.5) is 0 Å². The summed E-state index contributed by atoms with van der Waals surface area (Å²) in [4.78, 5) is 54.4. The van der Waals surface area contributed by atoms with Crippen LogP contribution in [0, 0.1) is 0 Å². The number of hydrogen-bond acceptors (Lipinski definition) is 7. The monoisotopic (exact) mass is 551 g/mol. The number of nitrogens with one attached hydrogen (secondary N) is 1. The molecular formula is C27H25N3O6S2. The van der Waals surface area contributed by atoms with E-state index in [-0.39, 0.29) is 29.0 Å². The lowest BCUT2D eigenvalue weighted by atomic mass is 10.0. The summed E-state index contributed by atoms with van der Waals surface area (Å²) in [6, 6.07) is 15.3. The maximum atomic E-state index is 13.0. The zero-order chi connectivity index (χ0) is 26.8. The number of aromatic hydroxyl groups is 1. The number of aliphatic carboxylic acids is 1. The number of hydrogen-bond donors (Lipinski definition) is 3. The average molecular weight is 552 g/mol. The van der Waals surface area contributed by atoms with Gasteiger partial charge in [-0.15, -0.1) is 23.5 Å². The summed E-state index contributed by atoms with van der Waals surface area (Å²) in [5, 5.41) is 21.6. The second-order valence-electron chi connectivity index (χ2n) is 9.05. The van der Waals surface area contributed by atoms with Crippen LogP contribution in [0.2, 0.25) is 0 Å². The van der Waals surface area contributed by atoms with Crippen LogP contribution in [0.25, 0.3) is 0 Å². The standard InChI is InChI=1S/C27H25N3O6S2/c31-19-8-6-16(7-9-19)13-29-11-10-17(24(29)33)12-18-14-38-26-22(25(34)30(26)23(18)27(35)36)28-21(32)15-37-20-4-2-1-3-5-20/h1-9,12,22,26,31H,10-11,13-15H2,(H,28,32)(H,35,36)/b17-12+/t22-,26-/m1/s1. The largest absolute Gasteiger partial charge is 0.508 e.